The second-order valence-corrected chi connectivity index (χ2v) is 9.10. The van der Waals surface area contributed by atoms with Gasteiger partial charge < -0.3 is 14.8 Å². The third kappa shape index (κ3) is 5.41. The zero-order valence-corrected chi connectivity index (χ0v) is 20.0. The first-order valence-corrected chi connectivity index (χ1v) is 12.2. The van der Waals surface area contributed by atoms with Crippen molar-refractivity contribution >= 4 is 39.8 Å². The maximum atomic E-state index is 12.5. The van der Waals surface area contributed by atoms with Gasteiger partial charge >= 0.3 is 5.69 Å². The SMILES string of the molecule is N#Cc1cnc2cc(OC3CCOC3)c([N+](=O)[O-])cc2c1Nc1cnc(NC(=O)C2CCCCC2)nc1. The molecule has 2 aliphatic rings. The zero-order valence-electron chi connectivity index (χ0n) is 20.0. The summed E-state index contributed by atoms with van der Waals surface area (Å²) in [4.78, 5) is 36.5. The number of pyridine rings is 1. The van der Waals surface area contributed by atoms with Crippen molar-refractivity contribution in [3.63, 3.8) is 0 Å². The Labute approximate surface area is 212 Å². The number of hydrogen-bond donors (Lipinski definition) is 2. The number of carbonyl (C=O) groups is 1. The molecule has 1 unspecified atom stereocenters. The van der Waals surface area contributed by atoms with Crippen LogP contribution in [0.3, 0.4) is 0 Å². The molecule has 1 saturated carbocycles. The van der Waals surface area contributed by atoms with Crippen molar-refractivity contribution in [3.05, 3.63) is 46.4 Å². The number of nitro groups is 1. The Balaban J connectivity index is 1.41. The van der Waals surface area contributed by atoms with E-state index in [2.05, 4.69) is 31.7 Å². The molecular weight excluding hydrogens is 478 g/mol. The third-order valence-corrected chi connectivity index (χ3v) is 6.58. The van der Waals surface area contributed by atoms with Gasteiger partial charge in [-0.05, 0) is 12.8 Å². The first-order chi connectivity index (χ1) is 18.0. The maximum absolute atomic E-state index is 12.5. The third-order valence-electron chi connectivity index (χ3n) is 6.58. The van der Waals surface area contributed by atoms with E-state index in [1.807, 2.05) is 0 Å². The summed E-state index contributed by atoms with van der Waals surface area (Å²) in [5.41, 5.74) is 1.13. The highest BCUT2D eigenvalue weighted by molar-refractivity contribution is 5.98. The molecule has 1 aliphatic heterocycles. The number of nitro benzene ring substituents is 1. The first-order valence-electron chi connectivity index (χ1n) is 12.2. The predicted molar refractivity (Wildman–Crippen MR) is 133 cm³/mol. The quantitative estimate of drug-likeness (QED) is 0.352. The highest BCUT2D eigenvalue weighted by Gasteiger charge is 2.25. The van der Waals surface area contributed by atoms with Crippen molar-refractivity contribution in [2.45, 2.75) is 44.6 Å². The number of nitrogens with one attached hydrogen (secondary N) is 2. The lowest BCUT2D eigenvalue weighted by molar-refractivity contribution is -0.385. The van der Waals surface area contributed by atoms with Gasteiger partial charge in [0, 0.05) is 36.1 Å². The summed E-state index contributed by atoms with van der Waals surface area (Å²) < 4.78 is 11.1. The van der Waals surface area contributed by atoms with Crippen molar-refractivity contribution in [2.75, 3.05) is 23.8 Å². The van der Waals surface area contributed by atoms with Crippen LogP contribution in [0.25, 0.3) is 10.9 Å². The normalized spacial score (nSPS) is 17.8. The first kappa shape index (κ1) is 24.3. The van der Waals surface area contributed by atoms with E-state index >= 15 is 0 Å². The highest BCUT2D eigenvalue weighted by atomic mass is 16.6. The fourth-order valence-electron chi connectivity index (χ4n) is 4.63. The molecule has 1 amide bonds. The van der Waals surface area contributed by atoms with Gasteiger partial charge in [0.15, 0.2) is 5.75 Å². The van der Waals surface area contributed by atoms with Gasteiger partial charge in [0.05, 0.1) is 53.0 Å². The Morgan fingerprint density at radius 3 is 2.59 bits per heavy atom. The average Bonchev–Trinajstić information content (AvgIpc) is 3.43. The van der Waals surface area contributed by atoms with E-state index in [-0.39, 0.29) is 40.9 Å². The van der Waals surface area contributed by atoms with Crippen LogP contribution in [0.15, 0.2) is 30.7 Å². The molecule has 2 N–H and O–H groups in total. The van der Waals surface area contributed by atoms with E-state index in [0.717, 1.165) is 32.1 Å². The summed E-state index contributed by atoms with van der Waals surface area (Å²) in [5, 5.41) is 27.7. The summed E-state index contributed by atoms with van der Waals surface area (Å²) in [6, 6.07) is 4.91. The highest BCUT2D eigenvalue weighted by Crippen LogP contribution is 2.38. The van der Waals surface area contributed by atoms with Gasteiger partial charge in [0.2, 0.25) is 11.9 Å². The van der Waals surface area contributed by atoms with Gasteiger partial charge in [-0.2, -0.15) is 5.26 Å². The fourth-order valence-corrected chi connectivity index (χ4v) is 4.63. The van der Waals surface area contributed by atoms with E-state index in [0.29, 0.717) is 41.9 Å². The Morgan fingerprint density at radius 1 is 1.14 bits per heavy atom. The Kier molecular flexibility index (Phi) is 7.04. The molecule has 3 aromatic rings. The van der Waals surface area contributed by atoms with E-state index < -0.39 is 4.92 Å². The zero-order chi connectivity index (χ0) is 25.8. The van der Waals surface area contributed by atoms with Crippen LogP contribution in [0.5, 0.6) is 5.75 Å². The summed E-state index contributed by atoms with van der Waals surface area (Å²) in [5.74, 6) is 0.177. The van der Waals surface area contributed by atoms with E-state index in [1.54, 1.807) is 0 Å². The molecular formula is C25H25N7O5. The molecule has 0 bridgehead atoms. The van der Waals surface area contributed by atoms with Gasteiger partial charge in [-0.15, -0.1) is 0 Å². The number of ether oxygens (including phenoxy) is 2. The van der Waals surface area contributed by atoms with Crippen LogP contribution < -0.4 is 15.4 Å². The van der Waals surface area contributed by atoms with Crippen LogP contribution in [-0.2, 0) is 9.53 Å². The van der Waals surface area contributed by atoms with E-state index in [4.69, 9.17) is 9.47 Å². The molecule has 12 heteroatoms. The lowest BCUT2D eigenvalue weighted by Gasteiger charge is -2.20. The summed E-state index contributed by atoms with van der Waals surface area (Å²) in [7, 11) is 0. The molecule has 37 heavy (non-hydrogen) atoms. The number of aromatic nitrogens is 3. The topological polar surface area (TPSA) is 165 Å². The maximum Gasteiger partial charge on any atom is 0.311 e. The van der Waals surface area contributed by atoms with E-state index in [9.17, 15) is 20.2 Å². The number of nitrogens with zero attached hydrogens (tertiary/aromatic N) is 5. The Morgan fingerprint density at radius 2 is 1.92 bits per heavy atom. The number of anilines is 3. The van der Waals surface area contributed by atoms with Crippen LogP contribution in [0, 0.1) is 27.4 Å². The molecule has 1 aliphatic carbocycles. The molecule has 5 rings (SSSR count). The standard InChI is InChI=1S/C25H25N7O5/c26-10-16-11-27-20-9-22(37-18-6-7-36-14-18)21(32(34)35)8-19(20)23(16)30-17-12-28-25(29-13-17)31-24(33)15-4-2-1-3-5-15/h8-9,11-13,15,18H,1-7,14H2,(H,27,30)(H,28,29,31,33). The number of amides is 1. The van der Waals surface area contributed by atoms with E-state index in [1.165, 1.54) is 30.7 Å². The fraction of sp³-hybridized carbons (Fsp3) is 0.400. The van der Waals surface area contributed by atoms with Crippen LogP contribution >= 0.6 is 0 Å². The molecule has 2 fully saturated rings. The minimum Gasteiger partial charge on any atom is -0.481 e. The van der Waals surface area contributed by atoms with Gasteiger partial charge in [-0.25, -0.2) is 9.97 Å². The van der Waals surface area contributed by atoms with Crippen LogP contribution in [-0.4, -0.2) is 45.1 Å². The van der Waals surface area contributed by atoms with Crippen LogP contribution in [0.2, 0.25) is 0 Å². The summed E-state index contributed by atoms with van der Waals surface area (Å²) in [6.07, 6.45) is 9.68. The predicted octanol–water partition coefficient (Wildman–Crippen LogP) is 4.23. The number of nitriles is 1. The molecule has 190 valence electrons. The Bertz CT molecular complexity index is 1360. The second-order valence-electron chi connectivity index (χ2n) is 9.10. The molecule has 2 aromatic heterocycles. The minimum absolute atomic E-state index is 0.0256. The van der Waals surface area contributed by atoms with Crippen molar-refractivity contribution in [2.24, 2.45) is 5.92 Å². The largest absolute Gasteiger partial charge is 0.481 e. The van der Waals surface area contributed by atoms with Crippen LogP contribution in [0.1, 0.15) is 44.1 Å². The smallest absolute Gasteiger partial charge is 0.311 e. The molecule has 12 nitrogen and oxygen atoms in total. The number of rotatable bonds is 7. The molecule has 1 saturated heterocycles. The lowest BCUT2D eigenvalue weighted by atomic mass is 9.89. The minimum atomic E-state index is -0.527. The number of fused-ring (bicyclic) bond motifs is 1. The van der Waals surface area contributed by atoms with Crippen molar-refractivity contribution < 1.29 is 19.2 Å². The lowest BCUT2D eigenvalue weighted by Crippen LogP contribution is -2.25. The van der Waals surface area contributed by atoms with Crippen molar-refractivity contribution in [1.29, 1.82) is 5.26 Å². The Hall–Kier alpha value is -4.37. The van der Waals surface area contributed by atoms with Gasteiger partial charge in [-0.1, -0.05) is 19.3 Å². The number of hydrogen-bond acceptors (Lipinski definition) is 10. The van der Waals surface area contributed by atoms with Crippen molar-refractivity contribution in [3.8, 4) is 11.8 Å². The molecule has 0 radical (unpaired) electrons. The summed E-state index contributed by atoms with van der Waals surface area (Å²) >= 11 is 0. The monoisotopic (exact) mass is 503 g/mol. The molecule has 3 heterocycles. The number of benzene rings is 1. The van der Waals surface area contributed by atoms with Crippen molar-refractivity contribution in [1.82, 2.24) is 15.0 Å². The van der Waals surface area contributed by atoms with Gasteiger partial charge in [-0.3, -0.25) is 25.2 Å². The number of carbonyl (C=O) groups excluding carboxylic acids is 1. The average molecular weight is 504 g/mol. The molecule has 0 spiro atoms. The van der Waals surface area contributed by atoms with Gasteiger partial charge in [0.1, 0.15) is 12.2 Å². The molecule has 1 aromatic carbocycles. The van der Waals surface area contributed by atoms with Crippen LogP contribution in [0.4, 0.5) is 23.0 Å². The molecule has 1 atom stereocenters. The second kappa shape index (κ2) is 10.7. The summed E-state index contributed by atoms with van der Waals surface area (Å²) in [6.45, 7) is 0.898. The van der Waals surface area contributed by atoms with Gasteiger partial charge in [0.25, 0.3) is 0 Å².